The van der Waals surface area contributed by atoms with Gasteiger partial charge in [-0.15, -0.1) is 0 Å². The molecule has 0 bridgehead atoms. The maximum atomic E-state index is 12.9. The molecule has 1 aliphatic heterocycles. The molecule has 1 atom stereocenters. The highest BCUT2D eigenvalue weighted by molar-refractivity contribution is 5.99. The van der Waals surface area contributed by atoms with Crippen LogP contribution >= 0.6 is 0 Å². The van der Waals surface area contributed by atoms with Gasteiger partial charge in [0.25, 0.3) is 5.91 Å². The Kier molecular flexibility index (Phi) is 5.40. The number of hydrogen-bond acceptors (Lipinski definition) is 3. The second kappa shape index (κ2) is 8.14. The van der Waals surface area contributed by atoms with E-state index in [0.717, 1.165) is 34.6 Å². The van der Waals surface area contributed by atoms with Crippen molar-refractivity contribution in [3.63, 3.8) is 0 Å². The Balaban J connectivity index is 1.52. The average Bonchev–Trinajstić information content (AvgIpc) is 3.34. The van der Waals surface area contributed by atoms with Gasteiger partial charge in [0.2, 0.25) is 5.91 Å². The summed E-state index contributed by atoms with van der Waals surface area (Å²) in [5, 5.41) is 7.61. The van der Waals surface area contributed by atoms with Crippen LogP contribution in [0.3, 0.4) is 0 Å². The third-order valence-corrected chi connectivity index (χ3v) is 5.70. The number of aryl methyl sites for hydroxylation is 1. The minimum absolute atomic E-state index is 0.111. The van der Waals surface area contributed by atoms with E-state index in [2.05, 4.69) is 23.4 Å². The van der Waals surface area contributed by atoms with Crippen molar-refractivity contribution in [3.05, 3.63) is 77.1 Å². The zero-order valence-corrected chi connectivity index (χ0v) is 17.6. The smallest absolute Gasteiger partial charge is 0.251 e. The number of carbonyl (C=O) groups is 2. The van der Waals surface area contributed by atoms with Crippen LogP contribution in [0.1, 0.15) is 53.0 Å². The second-order valence-electron chi connectivity index (χ2n) is 7.78. The number of carbonyl (C=O) groups excluding carboxylic acids is 2. The summed E-state index contributed by atoms with van der Waals surface area (Å²) in [5.74, 6) is -0.0563. The molecule has 154 valence electrons. The van der Waals surface area contributed by atoms with Crippen molar-refractivity contribution >= 4 is 17.5 Å². The monoisotopic (exact) mass is 402 g/mol. The molecule has 30 heavy (non-hydrogen) atoms. The van der Waals surface area contributed by atoms with E-state index >= 15 is 0 Å². The second-order valence-corrected chi connectivity index (χ2v) is 7.78. The number of rotatable bonds is 5. The first-order chi connectivity index (χ1) is 14.5. The number of benzene rings is 2. The highest BCUT2D eigenvalue weighted by atomic mass is 16.2. The predicted molar refractivity (Wildman–Crippen MR) is 117 cm³/mol. The Bertz CT molecular complexity index is 1100. The minimum Gasteiger partial charge on any atom is -0.345 e. The Morgan fingerprint density at radius 3 is 2.67 bits per heavy atom. The number of amides is 2. The topological polar surface area (TPSA) is 67.2 Å². The van der Waals surface area contributed by atoms with Crippen LogP contribution in [0, 0.1) is 13.8 Å². The number of nitrogens with zero attached hydrogens (tertiary/aromatic N) is 3. The van der Waals surface area contributed by atoms with Gasteiger partial charge < -0.3 is 10.2 Å². The van der Waals surface area contributed by atoms with E-state index in [-0.39, 0.29) is 17.9 Å². The molecule has 1 N–H and O–H groups in total. The standard InChI is InChI=1S/C24H26N4O2/c1-16-8-4-5-11-22(16)28-18(3)21(15-25-28)17(2)26-24(30)19-9-6-10-20(14-19)27-13-7-12-23(27)29/h4-6,8-11,14-15,17H,7,12-13H2,1-3H3,(H,26,30). The van der Waals surface area contributed by atoms with E-state index in [1.807, 2.05) is 55.1 Å². The number of hydrogen-bond donors (Lipinski definition) is 1. The number of nitrogens with one attached hydrogen (secondary N) is 1. The van der Waals surface area contributed by atoms with Gasteiger partial charge in [0.15, 0.2) is 0 Å². The number of aromatic nitrogens is 2. The van der Waals surface area contributed by atoms with Crippen molar-refractivity contribution in [1.29, 1.82) is 0 Å². The summed E-state index contributed by atoms with van der Waals surface area (Å²) in [4.78, 5) is 26.6. The summed E-state index contributed by atoms with van der Waals surface area (Å²) >= 11 is 0. The molecule has 4 rings (SSSR count). The predicted octanol–water partition coefficient (Wildman–Crippen LogP) is 4.11. The first-order valence-electron chi connectivity index (χ1n) is 10.3. The van der Waals surface area contributed by atoms with Gasteiger partial charge in [0, 0.05) is 35.5 Å². The molecule has 0 radical (unpaired) electrons. The van der Waals surface area contributed by atoms with Crippen LogP contribution in [0.2, 0.25) is 0 Å². The van der Waals surface area contributed by atoms with Gasteiger partial charge >= 0.3 is 0 Å². The average molecular weight is 402 g/mol. The molecule has 3 aromatic rings. The molecule has 6 nitrogen and oxygen atoms in total. The quantitative estimate of drug-likeness (QED) is 0.698. The Hall–Kier alpha value is -3.41. The lowest BCUT2D eigenvalue weighted by Crippen LogP contribution is -2.28. The van der Waals surface area contributed by atoms with E-state index in [1.165, 1.54) is 0 Å². The van der Waals surface area contributed by atoms with Crippen LogP contribution < -0.4 is 10.2 Å². The lowest BCUT2D eigenvalue weighted by Gasteiger charge is -2.18. The first kappa shape index (κ1) is 19.9. The third kappa shape index (κ3) is 3.73. The van der Waals surface area contributed by atoms with Crippen molar-refractivity contribution in [2.45, 2.75) is 39.7 Å². The molecule has 2 amide bonds. The molecule has 0 saturated carbocycles. The fourth-order valence-electron chi connectivity index (χ4n) is 3.99. The van der Waals surface area contributed by atoms with Crippen molar-refractivity contribution in [1.82, 2.24) is 15.1 Å². The Labute approximate surface area is 176 Å². The van der Waals surface area contributed by atoms with Crippen LogP contribution in [0.5, 0.6) is 0 Å². The van der Waals surface area contributed by atoms with Crippen molar-refractivity contribution in [3.8, 4) is 5.69 Å². The third-order valence-electron chi connectivity index (χ3n) is 5.70. The summed E-state index contributed by atoms with van der Waals surface area (Å²) in [6.07, 6.45) is 3.24. The van der Waals surface area contributed by atoms with Crippen LogP contribution in [-0.2, 0) is 4.79 Å². The van der Waals surface area contributed by atoms with Gasteiger partial charge in [-0.05, 0) is 57.0 Å². The van der Waals surface area contributed by atoms with Gasteiger partial charge in [-0.25, -0.2) is 4.68 Å². The molecule has 1 aromatic heterocycles. The van der Waals surface area contributed by atoms with E-state index in [4.69, 9.17) is 0 Å². The molecule has 2 heterocycles. The van der Waals surface area contributed by atoms with Gasteiger partial charge in [0.05, 0.1) is 17.9 Å². The van der Waals surface area contributed by atoms with E-state index in [0.29, 0.717) is 18.5 Å². The van der Waals surface area contributed by atoms with E-state index in [1.54, 1.807) is 17.0 Å². The maximum absolute atomic E-state index is 12.9. The van der Waals surface area contributed by atoms with Gasteiger partial charge in [-0.3, -0.25) is 9.59 Å². The molecule has 0 spiro atoms. The van der Waals surface area contributed by atoms with Crippen molar-refractivity contribution < 1.29 is 9.59 Å². The fourth-order valence-corrected chi connectivity index (χ4v) is 3.99. The van der Waals surface area contributed by atoms with E-state index < -0.39 is 0 Å². The molecular formula is C24H26N4O2. The van der Waals surface area contributed by atoms with Gasteiger partial charge in [-0.2, -0.15) is 5.10 Å². The van der Waals surface area contributed by atoms with E-state index in [9.17, 15) is 9.59 Å². The van der Waals surface area contributed by atoms with Gasteiger partial charge in [0.1, 0.15) is 0 Å². The largest absolute Gasteiger partial charge is 0.345 e. The molecular weight excluding hydrogens is 376 g/mol. The highest BCUT2D eigenvalue weighted by Crippen LogP contribution is 2.24. The minimum atomic E-state index is -0.202. The summed E-state index contributed by atoms with van der Waals surface area (Å²) in [6.45, 7) is 6.73. The van der Waals surface area contributed by atoms with Crippen LogP contribution in [0.4, 0.5) is 5.69 Å². The van der Waals surface area contributed by atoms with Crippen molar-refractivity contribution in [2.75, 3.05) is 11.4 Å². The SMILES string of the molecule is Cc1ccccc1-n1ncc(C(C)NC(=O)c2cccc(N3CCCC3=O)c2)c1C. The molecule has 6 heteroatoms. The highest BCUT2D eigenvalue weighted by Gasteiger charge is 2.23. The lowest BCUT2D eigenvalue weighted by molar-refractivity contribution is -0.117. The summed E-state index contributed by atoms with van der Waals surface area (Å²) in [5.41, 5.74) is 5.46. The van der Waals surface area contributed by atoms with Gasteiger partial charge in [-0.1, -0.05) is 24.3 Å². The lowest BCUT2D eigenvalue weighted by atomic mass is 10.1. The van der Waals surface area contributed by atoms with Crippen molar-refractivity contribution in [2.24, 2.45) is 0 Å². The molecule has 1 aliphatic rings. The van der Waals surface area contributed by atoms with Crippen LogP contribution in [0.15, 0.2) is 54.7 Å². The van der Waals surface area contributed by atoms with Crippen LogP contribution in [0.25, 0.3) is 5.69 Å². The maximum Gasteiger partial charge on any atom is 0.251 e. The molecule has 1 unspecified atom stereocenters. The summed E-state index contributed by atoms with van der Waals surface area (Å²) < 4.78 is 1.91. The molecule has 0 aliphatic carbocycles. The van der Waals surface area contributed by atoms with Crippen LogP contribution in [-0.4, -0.2) is 28.1 Å². The zero-order valence-electron chi connectivity index (χ0n) is 17.6. The summed E-state index contributed by atoms with van der Waals surface area (Å²) in [7, 11) is 0. The molecule has 1 saturated heterocycles. The molecule has 2 aromatic carbocycles. The number of para-hydroxylation sites is 1. The zero-order chi connectivity index (χ0) is 21.3. The summed E-state index contributed by atoms with van der Waals surface area (Å²) in [6, 6.07) is 15.1. The first-order valence-corrected chi connectivity index (χ1v) is 10.3. The number of anilines is 1. The molecule has 1 fully saturated rings. The Morgan fingerprint density at radius 1 is 1.13 bits per heavy atom. The fraction of sp³-hybridized carbons (Fsp3) is 0.292. The normalized spacial score (nSPS) is 14.8. The Morgan fingerprint density at radius 2 is 1.93 bits per heavy atom.